The second-order valence-electron chi connectivity index (χ2n) is 4.66. The standard InChI is InChI=1S/C11H22N2O2/c1-9-8-15-11(7-14)6-13(9)10-2-4-12-5-3-10/h9-12,14H,2-8H2,1H3. The van der Waals surface area contributed by atoms with Crippen molar-refractivity contribution in [1.29, 1.82) is 0 Å². The second kappa shape index (κ2) is 5.25. The summed E-state index contributed by atoms with van der Waals surface area (Å²) >= 11 is 0. The molecule has 2 unspecified atom stereocenters. The lowest BCUT2D eigenvalue weighted by Crippen LogP contribution is -2.55. The molecule has 2 atom stereocenters. The van der Waals surface area contributed by atoms with Crippen molar-refractivity contribution in [2.24, 2.45) is 0 Å². The van der Waals surface area contributed by atoms with E-state index in [0.29, 0.717) is 12.1 Å². The maximum atomic E-state index is 9.13. The molecular formula is C11H22N2O2. The fraction of sp³-hybridized carbons (Fsp3) is 1.00. The van der Waals surface area contributed by atoms with Gasteiger partial charge in [-0.05, 0) is 32.9 Å². The van der Waals surface area contributed by atoms with Crippen molar-refractivity contribution in [3.8, 4) is 0 Å². The van der Waals surface area contributed by atoms with Gasteiger partial charge in [-0.2, -0.15) is 0 Å². The van der Waals surface area contributed by atoms with E-state index >= 15 is 0 Å². The second-order valence-corrected chi connectivity index (χ2v) is 4.66. The van der Waals surface area contributed by atoms with Crippen LogP contribution in [0.1, 0.15) is 19.8 Å². The third kappa shape index (κ3) is 2.69. The number of rotatable bonds is 2. The normalized spacial score (nSPS) is 35.6. The highest BCUT2D eigenvalue weighted by Crippen LogP contribution is 2.20. The SMILES string of the molecule is CC1COC(CO)CN1C1CCNCC1. The highest BCUT2D eigenvalue weighted by atomic mass is 16.5. The molecule has 0 spiro atoms. The molecule has 2 aliphatic rings. The molecule has 2 fully saturated rings. The van der Waals surface area contributed by atoms with Crippen molar-refractivity contribution in [2.45, 2.75) is 38.0 Å². The molecule has 15 heavy (non-hydrogen) atoms. The Balaban J connectivity index is 1.92. The Labute approximate surface area is 91.6 Å². The van der Waals surface area contributed by atoms with E-state index in [2.05, 4.69) is 17.1 Å². The lowest BCUT2D eigenvalue weighted by atomic mass is 10.0. The van der Waals surface area contributed by atoms with Gasteiger partial charge < -0.3 is 15.2 Å². The average molecular weight is 214 g/mol. The number of hydrogen-bond donors (Lipinski definition) is 2. The van der Waals surface area contributed by atoms with Crippen LogP contribution >= 0.6 is 0 Å². The van der Waals surface area contributed by atoms with Crippen molar-refractivity contribution in [2.75, 3.05) is 32.8 Å². The summed E-state index contributed by atoms with van der Waals surface area (Å²) < 4.78 is 5.55. The van der Waals surface area contributed by atoms with Gasteiger partial charge in [0.2, 0.25) is 0 Å². The summed E-state index contributed by atoms with van der Waals surface area (Å²) in [7, 11) is 0. The van der Waals surface area contributed by atoms with E-state index in [1.54, 1.807) is 0 Å². The molecule has 0 amide bonds. The van der Waals surface area contributed by atoms with Crippen molar-refractivity contribution < 1.29 is 9.84 Å². The van der Waals surface area contributed by atoms with E-state index in [1.807, 2.05) is 0 Å². The van der Waals surface area contributed by atoms with E-state index in [4.69, 9.17) is 9.84 Å². The van der Waals surface area contributed by atoms with Gasteiger partial charge in [0.05, 0.1) is 19.3 Å². The van der Waals surface area contributed by atoms with Gasteiger partial charge in [0, 0.05) is 18.6 Å². The van der Waals surface area contributed by atoms with Crippen molar-refractivity contribution >= 4 is 0 Å². The summed E-state index contributed by atoms with van der Waals surface area (Å²) in [6, 6.07) is 1.18. The van der Waals surface area contributed by atoms with Gasteiger partial charge in [0.1, 0.15) is 0 Å². The van der Waals surface area contributed by atoms with Crippen molar-refractivity contribution in [1.82, 2.24) is 10.2 Å². The third-order valence-corrected chi connectivity index (χ3v) is 3.54. The van der Waals surface area contributed by atoms with Gasteiger partial charge in [0.25, 0.3) is 0 Å². The summed E-state index contributed by atoms with van der Waals surface area (Å²) in [5.74, 6) is 0. The average Bonchev–Trinajstić information content (AvgIpc) is 2.31. The van der Waals surface area contributed by atoms with Crippen LogP contribution in [0.2, 0.25) is 0 Å². The van der Waals surface area contributed by atoms with Crippen LogP contribution in [0.25, 0.3) is 0 Å². The molecule has 4 heteroatoms. The molecule has 2 aliphatic heterocycles. The summed E-state index contributed by atoms with van der Waals surface area (Å²) in [6.45, 7) is 6.26. The minimum Gasteiger partial charge on any atom is -0.394 e. The van der Waals surface area contributed by atoms with E-state index in [0.717, 1.165) is 26.2 Å². The highest BCUT2D eigenvalue weighted by Gasteiger charge is 2.31. The number of piperidine rings is 1. The number of aliphatic hydroxyl groups is 1. The fourth-order valence-electron chi connectivity index (χ4n) is 2.60. The molecule has 0 bridgehead atoms. The predicted molar refractivity (Wildman–Crippen MR) is 58.9 cm³/mol. The quantitative estimate of drug-likeness (QED) is 0.669. The molecule has 2 rings (SSSR count). The number of nitrogens with one attached hydrogen (secondary N) is 1. The Morgan fingerprint density at radius 2 is 2.13 bits per heavy atom. The zero-order valence-electron chi connectivity index (χ0n) is 9.48. The van der Waals surface area contributed by atoms with Crippen LogP contribution in [0.4, 0.5) is 0 Å². The molecule has 88 valence electrons. The van der Waals surface area contributed by atoms with E-state index in [9.17, 15) is 0 Å². The maximum Gasteiger partial charge on any atom is 0.0933 e. The molecule has 2 saturated heterocycles. The Bertz CT molecular complexity index is 195. The topological polar surface area (TPSA) is 44.7 Å². The van der Waals surface area contributed by atoms with Crippen molar-refractivity contribution in [3.05, 3.63) is 0 Å². The number of hydrogen-bond acceptors (Lipinski definition) is 4. The van der Waals surface area contributed by atoms with E-state index in [-0.39, 0.29) is 12.7 Å². The van der Waals surface area contributed by atoms with Crippen LogP contribution in [-0.4, -0.2) is 61.0 Å². The van der Waals surface area contributed by atoms with Gasteiger partial charge >= 0.3 is 0 Å². The minimum atomic E-state index is 0.0242. The first kappa shape index (κ1) is 11.3. The Hall–Kier alpha value is -0.160. The molecule has 0 aromatic carbocycles. The first-order chi connectivity index (χ1) is 7.31. The van der Waals surface area contributed by atoms with Gasteiger partial charge in [-0.15, -0.1) is 0 Å². The molecule has 2 heterocycles. The highest BCUT2D eigenvalue weighted by molar-refractivity contribution is 4.85. The smallest absolute Gasteiger partial charge is 0.0933 e. The molecule has 0 aliphatic carbocycles. The summed E-state index contributed by atoms with van der Waals surface area (Å²) in [4.78, 5) is 2.52. The number of morpholine rings is 1. The summed E-state index contributed by atoms with van der Waals surface area (Å²) in [5, 5.41) is 12.5. The Kier molecular flexibility index (Phi) is 3.97. The van der Waals surface area contributed by atoms with Crippen molar-refractivity contribution in [3.63, 3.8) is 0 Å². The van der Waals surface area contributed by atoms with E-state index < -0.39 is 0 Å². The molecule has 2 N–H and O–H groups in total. The molecule has 0 aromatic heterocycles. The zero-order chi connectivity index (χ0) is 10.7. The van der Waals surface area contributed by atoms with Crippen LogP contribution in [0.3, 0.4) is 0 Å². The van der Waals surface area contributed by atoms with Crippen LogP contribution in [0.15, 0.2) is 0 Å². The Morgan fingerprint density at radius 3 is 2.80 bits per heavy atom. The van der Waals surface area contributed by atoms with Gasteiger partial charge in [-0.3, -0.25) is 4.90 Å². The summed E-state index contributed by atoms with van der Waals surface area (Å²) in [5.41, 5.74) is 0. The third-order valence-electron chi connectivity index (χ3n) is 3.54. The van der Waals surface area contributed by atoms with Gasteiger partial charge in [-0.25, -0.2) is 0 Å². The first-order valence-corrected chi connectivity index (χ1v) is 6.00. The Morgan fingerprint density at radius 1 is 1.40 bits per heavy atom. The maximum absolute atomic E-state index is 9.13. The molecule has 0 radical (unpaired) electrons. The summed E-state index contributed by atoms with van der Waals surface area (Å²) in [6.07, 6.45) is 2.47. The first-order valence-electron chi connectivity index (χ1n) is 6.00. The molecule has 0 aromatic rings. The largest absolute Gasteiger partial charge is 0.394 e. The molecule has 0 saturated carbocycles. The van der Waals surface area contributed by atoms with Crippen LogP contribution in [0.5, 0.6) is 0 Å². The zero-order valence-corrected chi connectivity index (χ0v) is 9.48. The predicted octanol–water partition coefficient (Wildman–Crippen LogP) is -0.180. The lowest BCUT2D eigenvalue weighted by Gasteiger charge is -2.43. The van der Waals surface area contributed by atoms with Crippen LogP contribution in [-0.2, 0) is 4.74 Å². The monoisotopic (exact) mass is 214 g/mol. The number of ether oxygens (including phenoxy) is 1. The lowest BCUT2D eigenvalue weighted by molar-refractivity contribution is -0.0940. The van der Waals surface area contributed by atoms with Crippen LogP contribution < -0.4 is 5.32 Å². The fourth-order valence-corrected chi connectivity index (χ4v) is 2.60. The van der Waals surface area contributed by atoms with Crippen LogP contribution in [0, 0.1) is 0 Å². The van der Waals surface area contributed by atoms with E-state index in [1.165, 1.54) is 12.8 Å². The number of aliphatic hydroxyl groups excluding tert-OH is 1. The van der Waals surface area contributed by atoms with Gasteiger partial charge in [0.15, 0.2) is 0 Å². The van der Waals surface area contributed by atoms with Gasteiger partial charge in [-0.1, -0.05) is 0 Å². The molecule has 4 nitrogen and oxygen atoms in total. The number of nitrogens with zero attached hydrogens (tertiary/aromatic N) is 1. The molecular weight excluding hydrogens is 192 g/mol. The minimum absolute atomic E-state index is 0.0242.